The Labute approximate surface area is 372 Å². The molecule has 0 radical (unpaired) electrons. The van der Waals surface area contributed by atoms with Gasteiger partial charge in [-0.05, 0) is 120 Å². The molecule has 7 aliphatic rings. The van der Waals surface area contributed by atoms with E-state index in [0.717, 1.165) is 61.7 Å². The van der Waals surface area contributed by atoms with Crippen molar-refractivity contribution in [3.8, 4) is 11.3 Å². The summed E-state index contributed by atoms with van der Waals surface area (Å²) >= 11 is 0. The average Bonchev–Trinajstić information content (AvgIpc) is 3.80. The van der Waals surface area contributed by atoms with Crippen LogP contribution in [0.15, 0.2) is 47.5 Å². The predicted molar refractivity (Wildman–Crippen MR) is 238 cm³/mol. The van der Waals surface area contributed by atoms with Gasteiger partial charge in [-0.25, -0.2) is 0 Å². The van der Waals surface area contributed by atoms with Crippen LogP contribution in [0.3, 0.4) is 0 Å². The zero-order valence-electron chi connectivity index (χ0n) is 38.8. The van der Waals surface area contributed by atoms with Gasteiger partial charge in [-0.3, -0.25) is 29.1 Å². The number of nitrogens with zero attached hydrogens (tertiary/aromatic N) is 1. The van der Waals surface area contributed by atoms with Gasteiger partial charge in [-0.2, -0.15) is 5.10 Å². The molecule has 5 saturated carbocycles. The molecule has 1 aliphatic heterocycles. The number of esters is 1. The van der Waals surface area contributed by atoms with Gasteiger partial charge < -0.3 is 25.8 Å². The number of H-pyrrole nitrogens is 1. The highest BCUT2D eigenvalue weighted by atomic mass is 16.5. The number of benzene rings is 1. The number of hydrogen-bond acceptors (Lipinski definition) is 8. The summed E-state index contributed by atoms with van der Waals surface area (Å²) in [5, 5.41) is 26.7. The number of hydrogen-bond donors (Lipinski definition) is 5. The number of allylic oxidation sites excluding steroid dienone is 1. The van der Waals surface area contributed by atoms with Crippen LogP contribution in [0.25, 0.3) is 11.3 Å². The highest BCUT2D eigenvalue weighted by molar-refractivity contribution is 6.04. The van der Waals surface area contributed by atoms with E-state index in [1.807, 2.05) is 44.2 Å². The van der Waals surface area contributed by atoms with Gasteiger partial charge in [-0.15, -0.1) is 0 Å². The number of amides is 2. The molecule has 0 bridgehead atoms. The molecule has 1 aromatic carbocycles. The molecule has 2 aromatic rings. The molecule has 12 nitrogen and oxygen atoms in total. The number of Topliss-reactive ketones (excluding diaryl/α,β-unsaturated/α-hetero) is 1. The first-order chi connectivity index (χ1) is 29.5. The molecule has 6 fully saturated rings. The maximum atomic E-state index is 14.8. The first-order valence-electron chi connectivity index (χ1n) is 23.7. The van der Waals surface area contributed by atoms with E-state index in [2.05, 4.69) is 74.6 Å². The van der Waals surface area contributed by atoms with Gasteiger partial charge in [0, 0.05) is 30.5 Å². The number of fused-ring (bicyclic) bond motifs is 7. The van der Waals surface area contributed by atoms with Crippen LogP contribution in [0.5, 0.6) is 0 Å². The smallest absolute Gasteiger partial charge is 0.309 e. The maximum Gasteiger partial charge on any atom is 0.309 e. The Morgan fingerprint density at radius 3 is 2.17 bits per heavy atom. The Morgan fingerprint density at radius 2 is 1.54 bits per heavy atom. The highest BCUT2D eigenvalue weighted by Gasteiger charge is 2.71. The Bertz CT molecular complexity index is 2280. The largest absolute Gasteiger partial charge is 0.481 e. The molecule has 0 spiro atoms. The van der Waals surface area contributed by atoms with Crippen molar-refractivity contribution < 1.29 is 33.8 Å². The number of ether oxygens (including phenoxy) is 1. The normalized spacial score (nSPS) is 38.2. The molecule has 5 N–H and O–H groups in total. The fraction of sp³-hybridized carbons (Fsp3) is 0.686. The van der Waals surface area contributed by atoms with E-state index >= 15 is 0 Å². The summed E-state index contributed by atoms with van der Waals surface area (Å²) in [5.41, 5.74) is 0.809. The minimum Gasteiger partial charge on any atom is -0.481 e. The van der Waals surface area contributed by atoms with Crippen molar-refractivity contribution in [1.29, 1.82) is 0 Å². The van der Waals surface area contributed by atoms with Crippen molar-refractivity contribution in [2.24, 2.45) is 62.6 Å². The monoisotopic (exact) mass is 864 g/mol. The molecule has 12 heteroatoms. The summed E-state index contributed by atoms with van der Waals surface area (Å²) in [7, 11) is 0. The molecule has 2 heterocycles. The molecular formula is C51H69N5O7. The van der Waals surface area contributed by atoms with Crippen LogP contribution in [0.2, 0.25) is 0 Å². The van der Waals surface area contributed by atoms with E-state index in [1.54, 1.807) is 6.07 Å². The summed E-state index contributed by atoms with van der Waals surface area (Å²) in [4.78, 5) is 68.4. The second-order valence-electron chi connectivity index (χ2n) is 23.2. The Balaban J connectivity index is 0.953. The van der Waals surface area contributed by atoms with E-state index in [9.17, 15) is 29.1 Å². The Morgan fingerprint density at radius 1 is 0.825 bits per heavy atom. The van der Waals surface area contributed by atoms with Crippen LogP contribution in [0, 0.1) is 62.6 Å². The molecule has 9 rings (SSSR count). The number of aromatic nitrogens is 2. The molecule has 2 amide bonds. The van der Waals surface area contributed by atoms with E-state index in [1.165, 1.54) is 0 Å². The lowest BCUT2D eigenvalue weighted by atomic mass is 9.33. The van der Waals surface area contributed by atoms with Crippen molar-refractivity contribution in [3.05, 3.63) is 53.2 Å². The van der Waals surface area contributed by atoms with Gasteiger partial charge in [0.2, 0.25) is 5.91 Å². The van der Waals surface area contributed by atoms with Crippen molar-refractivity contribution in [2.75, 3.05) is 13.1 Å². The van der Waals surface area contributed by atoms with E-state index in [4.69, 9.17) is 4.74 Å². The summed E-state index contributed by atoms with van der Waals surface area (Å²) in [6, 6.07) is 11.3. The van der Waals surface area contributed by atoms with Crippen LogP contribution in [0.1, 0.15) is 137 Å². The van der Waals surface area contributed by atoms with Crippen molar-refractivity contribution in [3.63, 3.8) is 0 Å². The molecule has 6 aliphatic carbocycles. The summed E-state index contributed by atoms with van der Waals surface area (Å²) in [5.74, 6) is -1.68. The van der Waals surface area contributed by atoms with Crippen LogP contribution < -0.4 is 16.0 Å². The van der Waals surface area contributed by atoms with E-state index in [-0.39, 0.29) is 82.5 Å². The lowest BCUT2D eigenvalue weighted by Crippen LogP contribution is -2.77. The van der Waals surface area contributed by atoms with E-state index in [0.29, 0.717) is 30.4 Å². The second kappa shape index (κ2) is 14.6. The third-order valence-corrected chi connectivity index (χ3v) is 19.4. The lowest BCUT2D eigenvalue weighted by molar-refractivity contribution is -0.235. The summed E-state index contributed by atoms with van der Waals surface area (Å²) in [6.45, 7) is 20.6. The van der Waals surface area contributed by atoms with Crippen LogP contribution in [-0.2, 0) is 23.9 Å². The number of aromatic amines is 1. The topological polar surface area (TPSA) is 180 Å². The highest BCUT2D eigenvalue weighted by Crippen LogP contribution is 2.76. The second-order valence-corrected chi connectivity index (χ2v) is 23.2. The minimum atomic E-state index is -1.18. The number of carbonyl (C=O) groups excluding carboxylic acids is 4. The quantitative estimate of drug-likeness (QED) is 0.158. The number of carboxylic acid groups (broad SMARTS) is 1. The number of nitrogens with one attached hydrogen (secondary N) is 4. The zero-order valence-corrected chi connectivity index (χ0v) is 38.8. The fourth-order valence-corrected chi connectivity index (χ4v) is 15.4. The van der Waals surface area contributed by atoms with Gasteiger partial charge in [0.05, 0.1) is 23.1 Å². The van der Waals surface area contributed by atoms with Crippen LogP contribution in [0.4, 0.5) is 0 Å². The van der Waals surface area contributed by atoms with Gasteiger partial charge in [0.1, 0.15) is 17.3 Å². The van der Waals surface area contributed by atoms with Crippen LogP contribution in [-0.4, -0.2) is 75.1 Å². The molecule has 0 unspecified atom stereocenters. The van der Waals surface area contributed by atoms with Crippen molar-refractivity contribution in [1.82, 2.24) is 26.1 Å². The number of carboxylic acids is 1. The molecule has 1 aromatic heterocycles. The standard InChI is InChI=1S/C51H69N5O7/c1-28(2)39-35(57)25-50(54-44(62)51(26-52-27-51)53-41(58)34-24-33(55-56-34)29-13-11-10-12-14-29)22-21-48(8)30(40(39)50)15-16-37-47(7)19-18-38(46(5,6)36(47)17-20-49(37,48)9)63-43(61)32-23-31(42(59)60)45(32,3)4/h10-14,24,28,30-32,36-38,52H,15-23,25-27H2,1-9H3,(H,53,58)(H,54,62)(H,55,56)(H,59,60)/t30-,31-,32+,36+,37-,38+,47+,48-,49-,50-/m1/s1. The van der Waals surface area contributed by atoms with Crippen molar-refractivity contribution in [2.45, 2.75) is 144 Å². The predicted octanol–water partition coefficient (Wildman–Crippen LogP) is 7.66. The van der Waals surface area contributed by atoms with Crippen LogP contribution >= 0.6 is 0 Å². The average molecular weight is 864 g/mol. The lowest BCUT2D eigenvalue weighted by Gasteiger charge is -2.72. The molecule has 63 heavy (non-hydrogen) atoms. The summed E-state index contributed by atoms with van der Waals surface area (Å²) in [6.07, 6.45) is 7.61. The first kappa shape index (κ1) is 43.9. The first-order valence-corrected chi connectivity index (χ1v) is 23.7. The SMILES string of the molecule is CC(C)C1=C2[C@H]3CC[C@@H]4[C@@]5(C)CC[C@H](OC(=O)[C@@H]6C[C@H](C(=O)O)C6(C)C)C(C)(C)[C@@H]5CC[C@@]4(C)[C@]3(C)CC[C@@]2(NC(=O)C2(NC(=O)c3cc(-c4ccccc4)n[nH]3)CNC2)CC1=O. The summed E-state index contributed by atoms with van der Waals surface area (Å²) < 4.78 is 6.43. The molecular weight excluding hydrogens is 795 g/mol. The number of carbonyl (C=O) groups is 5. The maximum absolute atomic E-state index is 14.8. The number of rotatable bonds is 9. The number of aliphatic carboxylic acids is 1. The van der Waals surface area contributed by atoms with Gasteiger partial charge in [0.25, 0.3) is 5.91 Å². The van der Waals surface area contributed by atoms with Gasteiger partial charge in [0.15, 0.2) is 5.78 Å². The van der Waals surface area contributed by atoms with Gasteiger partial charge >= 0.3 is 11.9 Å². The van der Waals surface area contributed by atoms with E-state index < -0.39 is 40.2 Å². The minimum absolute atomic E-state index is 0.00458. The molecule has 1 saturated heterocycles. The fourth-order valence-electron chi connectivity index (χ4n) is 15.4. The zero-order chi connectivity index (χ0) is 45.3. The Hall–Kier alpha value is -4.32. The van der Waals surface area contributed by atoms with Gasteiger partial charge in [-0.1, -0.05) is 92.6 Å². The molecule has 10 atom stereocenters. The Kier molecular flexibility index (Phi) is 10.2. The van der Waals surface area contributed by atoms with Crippen molar-refractivity contribution >= 4 is 29.5 Å². The third kappa shape index (κ3) is 6.28. The third-order valence-electron chi connectivity index (χ3n) is 19.4. The number of ketones is 1. The molecule has 340 valence electrons.